The van der Waals surface area contributed by atoms with E-state index in [1.807, 2.05) is 91.9 Å². The number of hydrogen-bond donors (Lipinski definition) is 9. The highest BCUT2D eigenvalue weighted by molar-refractivity contribution is 8.01. The third kappa shape index (κ3) is 24.7. The van der Waals surface area contributed by atoms with Crippen molar-refractivity contribution in [3.63, 3.8) is 0 Å². The van der Waals surface area contributed by atoms with Crippen LogP contribution >= 0.6 is 11.8 Å². The smallest absolute Gasteiger partial charge is 0.407 e. The lowest BCUT2D eigenvalue weighted by Gasteiger charge is -2.31. The number of ether oxygens (including phenoxy) is 3. The standard InChI is InChI=1S/C19H18FNO3S.C18H17FN2O3.C12H12FNO3.C11H10FNO3.C10H11FN2O.C7H8O.2CH4.B/c1-12-3-9-15(10-4-12)25-19(18(23)24-2)11-16(22)21-17(19)13-5-7-14(20)8-6-13;19-14-8-6-13(7-9-14)17-15(10-16(22)21-17)20-18(23)24-11-12-4-2-1-3-5-12;1-17-12(16)9-6-10(15)14-11(9)7-2-4-8(13)5-3-7;12-7-3-1-6(2-4-7)10-8(11(15)16)5-9(14)13-10;11-7-3-1-6(2-4-7)10-8(12)5-9(14)13-10;8-6-7-4-2-1-3-5-7;;;/h3-10,17H,11H2,1-2H3,(H,21,22);1-9,15,17H,10-11H2,(H,20,23)(H,21,22);2-5,9,11H,6H2,1H3,(H,14,15);1-4,8,10H,5H2,(H,13,14)(H,15,16);1-4,8,10H,5,12H2,(H,13,14);1-5,8H,6H2;2*1H4;/t17-,19-;15-,17+;;2*8-,10+;;;;/m10.00..../s1. The van der Waals surface area contributed by atoms with Gasteiger partial charge < -0.3 is 62.1 Å². The third-order valence-electron chi connectivity index (χ3n) is 17.1. The second-order valence-electron chi connectivity index (χ2n) is 24.4. The molecule has 0 bridgehead atoms. The molecule has 5 aliphatic rings. The van der Waals surface area contributed by atoms with Crippen LogP contribution in [-0.2, 0) is 65.8 Å². The minimum absolute atomic E-state index is 0. The van der Waals surface area contributed by atoms with Crippen LogP contribution in [0, 0.1) is 47.8 Å². The zero-order valence-electron chi connectivity index (χ0n) is 57.0. The van der Waals surface area contributed by atoms with Gasteiger partial charge in [-0.2, -0.15) is 0 Å². The van der Waals surface area contributed by atoms with Crippen molar-refractivity contribution in [2.24, 2.45) is 17.6 Å². The molecule has 0 aliphatic carbocycles. The van der Waals surface area contributed by atoms with Gasteiger partial charge in [0.1, 0.15) is 35.7 Å². The molecule has 0 saturated carbocycles. The number of nitrogens with two attached hydrogens (primary N) is 1. The molecule has 6 amide bonds. The molecule has 2 unspecified atom stereocenters. The molecule has 5 aliphatic heterocycles. The average molecular weight is 1490 g/mol. The number of rotatable bonds is 14. The molecule has 0 spiro atoms. The van der Waals surface area contributed by atoms with Crippen molar-refractivity contribution in [1.29, 1.82) is 0 Å². The maximum Gasteiger partial charge on any atom is 0.407 e. The van der Waals surface area contributed by atoms with E-state index < -0.39 is 70.8 Å². The monoisotopic (exact) mass is 1490 g/mol. The van der Waals surface area contributed by atoms with Gasteiger partial charge in [0, 0.05) is 45.0 Å². The Labute approximate surface area is 622 Å². The summed E-state index contributed by atoms with van der Waals surface area (Å²) < 4.78 is 78.2. The van der Waals surface area contributed by atoms with Gasteiger partial charge in [0.15, 0.2) is 4.75 Å². The number of benzene rings is 8. The van der Waals surface area contributed by atoms with E-state index in [9.17, 15) is 65.1 Å². The minimum Gasteiger partial charge on any atom is -0.481 e. The van der Waals surface area contributed by atoms with E-state index in [0.29, 0.717) is 23.1 Å². The van der Waals surface area contributed by atoms with Crippen LogP contribution in [0.25, 0.3) is 0 Å². The lowest BCUT2D eigenvalue weighted by atomic mass is 9.93. The summed E-state index contributed by atoms with van der Waals surface area (Å²) >= 11 is 1.30. The second kappa shape index (κ2) is 41.5. The Kier molecular flexibility index (Phi) is 33.5. The molecule has 3 radical (unpaired) electrons. The summed E-state index contributed by atoms with van der Waals surface area (Å²) in [6, 6.07) is 52.6. The van der Waals surface area contributed by atoms with Crippen molar-refractivity contribution in [3.05, 3.63) is 280 Å². The number of methoxy groups -OCH3 is 2. The van der Waals surface area contributed by atoms with Gasteiger partial charge in [0.05, 0.1) is 75.3 Å². The minimum atomic E-state index is -1.14. The van der Waals surface area contributed by atoms with Crippen molar-refractivity contribution < 1.29 is 89.5 Å². The number of thioether (sulfide) groups is 1. The van der Waals surface area contributed by atoms with Crippen molar-refractivity contribution in [1.82, 2.24) is 31.9 Å². The SMILES string of the molecule is C.C.COC(=O)C1CC(=O)NC1c1ccc(F)cc1.COC(=O)[C@@]1(Sc2ccc(C)cc2)CC(=O)N[C@@H]1c1ccc(F)cc1.N[C@H]1CC(=O)N[C@@H]1c1ccc(F)cc1.O=C1C[C@H](C(=O)O)[C@@H](c2ccc(F)cc2)N1.O=C1C[C@H](NC(=O)OCc2ccccc2)[C@@H](c2ccc(F)cc2)N1.OCc1ccccc1.[B]. The molecule has 21 nitrogen and oxygen atoms in total. The van der Waals surface area contributed by atoms with Crippen LogP contribution < -0.4 is 37.6 Å². The number of halogens is 5. The van der Waals surface area contributed by atoms with E-state index in [1.54, 1.807) is 48.5 Å². The fraction of sp³-hybridized carbons (Fsp3) is 0.278. The topological polar surface area (TPSA) is 320 Å². The molecular formula is C79H84BF5N7O14S. The molecule has 10 N–H and O–H groups in total. The first-order chi connectivity index (χ1) is 49.8. The second-order valence-corrected chi connectivity index (χ2v) is 25.8. The predicted octanol–water partition coefficient (Wildman–Crippen LogP) is 11.1. The van der Waals surface area contributed by atoms with Gasteiger partial charge in [0.2, 0.25) is 29.5 Å². The molecule has 28 heteroatoms. The Morgan fingerprint density at radius 1 is 0.495 bits per heavy atom. The molecule has 107 heavy (non-hydrogen) atoms. The van der Waals surface area contributed by atoms with Gasteiger partial charge in [-0.25, -0.2) is 26.7 Å². The van der Waals surface area contributed by atoms with Crippen LogP contribution in [0.4, 0.5) is 26.7 Å². The molecule has 5 fully saturated rings. The zero-order chi connectivity index (χ0) is 75.0. The molecule has 5 saturated heterocycles. The Morgan fingerprint density at radius 2 is 0.888 bits per heavy atom. The highest BCUT2D eigenvalue weighted by Crippen LogP contribution is 2.49. The summed E-state index contributed by atoms with van der Waals surface area (Å²) in [6.45, 7) is 2.27. The molecule has 0 aromatic heterocycles. The Hall–Kier alpha value is -11.2. The normalized spacial score (nSPS) is 21.1. The maximum atomic E-state index is 13.3. The highest BCUT2D eigenvalue weighted by atomic mass is 32.2. The summed E-state index contributed by atoms with van der Waals surface area (Å²) in [5, 5.41) is 33.8. The van der Waals surface area contributed by atoms with Gasteiger partial charge in [-0.05, 0) is 119 Å². The van der Waals surface area contributed by atoms with Crippen LogP contribution in [0.5, 0.6) is 0 Å². The lowest BCUT2D eigenvalue weighted by molar-refractivity contribution is -0.146. The Bertz CT molecular complexity index is 4240. The Morgan fingerprint density at radius 3 is 1.31 bits per heavy atom. The van der Waals surface area contributed by atoms with Crippen LogP contribution in [0.15, 0.2) is 211 Å². The number of carboxylic acids is 1. The number of alkyl carbamates (subject to hydrolysis) is 1. The van der Waals surface area contributed by atoms with Gasteiger partial charge in [-0.3, -0.25) is 38.4 Å². The van der Waals surface area contributed by atoms with Crippen molar-refractivity contribution in [3.8, 4) is 0 Å². The van der Waals surface area contributed by atoms with Crippen LogP contribution in [0.1, 0.15) is 122 Å². The van der Waals surface area contributed by atoms with Crippen molar-refractivity contribution >= 4 is 73.7 Å². The maximum absolute atomic E-state index is 13.3. The molecule has 8 aromatic rings. The van der Waals surface area contributed by atoms with Gasteiger partial charge in [-0.15, -0.1) is 11.8 Å². The number of carbonyl (C=O) groups excluding carboxylic acids is 8. The largest absolute Gasteiger partial charge is 0.481 e. The number of aliphatic hydroxyl groups is 1. The number of nitrogens with one attached hydrogen (secondary N) is 6. The summed E-state index contributed by atoms with van der Waals surface area (Å²) in [7, 11) is 2.59. The van der Waals surface area contributed by atoms with E-state index in [0.717, 1.165) is 32.7 Å². The fourth-order valence-corrected chi connectivity index (χ4v) is 13.2. The summed E-state index contributed by atoms with van der Waals surface area (Å²) in [5.74, 6) is -5.95. The van der Waals surface area contributed by atoms with Crippen LogP contribution in [0.3, 0.4) is 0 Å². The number of carboxylic acid groups (broad SMARTS) is 1. The van der Waals surface area contributed by atoms with Gasteiger partial charge in [0.25, 0.3) is 0 Å². The number of aryl methyl sites for hydroxylation is 1. The number of aliphatic carboxylic acids is 1. The van der Waals surface area contributed by atoms with Crippen molar-refractivity contribution in [2.45, 2.75) is 119 Å². The van der Waals surface area contributed by atoms with Crippen molar-refractivity contribution in [2.75, 3.05) is 14.2 Å². The summed E-state index contributed by atoms with van der Waals surface area (Å²) in [5.41, 5.74) is 12.3. The van der Waals surface area contributed by atoms with Gasteiger partial charge in [-0.1, -0.05) is 154 Å². The van der Waals surface area contributed by atoms with Crippen LogP contribution in [0.2, 0.25) is 0 Å². The van der Waals surface area contributed by atoms with E-state index in [-0.39, 0.29) is 133 Å². The van der Waals surface area contributed by atoms with E-state index in [2.05, 4.69) is 36.6 Å². The molecule has 563 valence electrons. The van der Waals surface area contributed by atoms with Crippen LogP contribution in [-0.4, -0.2) is 103 Å². The third-order valence-corrected chi connectivity index (χ3v) is 18.5. The van der Waals surface area contributed by atoms with Gasteiger partial charge >= 0.3 is 24.0 Å². The zero-order valence-corrected chi connectivity index (χ0v) is 57.8. The summed E-state index contributed by atoms with van der Waals surface area (Å²) in [4.78, 5) is 105. The number of carbonyl (C=O) groups is 9. The Balaban J connectivity index is 0.000000235. The number of amides is 6. The first kappa shape index (κ1) is 86.4. The number of aliphatic hydroxyl groups excluding tert-OH is 1. The molecule has 8 aromatic carbocycles. The first-order valence-electron chi connectivity index (χ1n) is 32.6. The lowest BCUT2D eigenvalue weighted by Crippen LogP contribution is -2.41. The number of hydrogen-bond acceptors (Lipinski definition) is 15. The van der Waals surface area contributed by atoms with E-state index in [4.69, 9.17) is 25.4 Å². The number of esters is 2. The van der Waals surface area contributed by atoms with E-state index >= 15 is 0 Å². The molecule has 13 rings (SSSR count). The fourth-order valence-electron chi connectivity index (χ4n) is 11.8. The molecular weight excluding hydrogens is 1410 g/mol. The quantitative estimate of drug-likeness (QED) is 0.0211. The van der Waals surface area contributed by atoms with E-state index in [1.165, 1.54) is 98.8 Å². The predicted molar refractivity (Wildman–Crippen MR) is 391 cm³/mol. The highest BCUT2D eigenvalue weighted by Gasteiger charge is 2.55. The molecule has 10 atom stereocenters. The average Bonchev–Trinajstić information content (AvgIpc) is 1.63. The summed E-state index contributed by atoms with van der Waals surface area (Å²) in [6.07, 6.45) is -0.0240. The first-order valence-corrected chi connectivity index (χ1v) is 33.4. The molecule has 5 heterocycles.